The summed E-state index contributed by atoms with van der Waals surface area (Å²) in [5.41, 5.74) is 2.15. The van der Waals surface area contributed by atoms with Gasteiger partial charge >= 0.3 is 0 Å². The zero-order valence-corrected chi connectivity index (χ0v) is 13.3. The monoisotopic (exact) mass is 291 g/mol. The summed E-state index contributed by atoms with van der Waals surface area (Å²) in [6, 6.07) is 0.397. The van der Waals surface area contributed by atoms with Crippen LogP contribution in [0.5, 0.6) is 0 Å². The quantitative estimate of drug-likeness (QED) is 0.818. The van der Waals surface area contributed by atoms with E-state index in [9.17, 15) is 0 Å². The van der Waals surface area contributed by atoms with Crippen molar-refractivity contribution >= 4 is 11.5 Å². The van der Waals surface area contributed by atoms with Crippen LogP contribution in [0.4, 0.5) is 0 Å². The van der Waals surface area contributed by atoms with Gasteiger partial charge in [0.15, 0.2) is 0 Å². The lowest BCUT2D eigenvalue weighted by Crippen LogP contribution is -2.30. The Labute approximate surface area is 124 Å². The summed E-state index contributed by atoms with van der Waals surface area (Å²) in [6.45, 7) is 7.40. The fraction of sp³-hybridized carbons (Fsp3) is 0.571. The highest BCUT2D eigenvalue weighted by atomic mass is 32.1. The van der Waals surface area contributed by atoms with E-state index in [0.29, 0.717) is 12.0 Å². The Morgan fingerprint density at radius 2 is 2.05 bits per heavy atom. The second kappa shape index (κ2) is 6.85. The average Bonchev–Trinajstić information content (AvgIpc) is 2.88. The lowest BCUT2D eigenvalue weighted by Gasteiger charge is -2.24. The summed E-state index contributed by atoms with van der Waals surface area (Å²) in [6.07, 6.45) is 6.17. The minimum Gasteiger partial charge on any atom is -0.298 e. The summed E-state index contributed by atoms with van der Waals surface area (Å²) in [5, 5.41) is 4.23. The lowest BCUT2D eigenvalue weighted by molar-refractivity contribution is 0.248. The van der Waals surface area contributed by atoms with Crippen molar-refractivity contribution in [3.05, 3.63) is 34.9 Å². The average molecular weight is 291 g/mol. The zero-order valence-electron chi connectivity index (χ0n) is 12.4. The number of hydrogen-bond acceptors (Lipinski definition) is 6. The Hall–Kier alpha value is -1.40. The zero-order chi connectivity index (χ0) is 14.5. The molecule has 2 rings (SSSR count). The van der Waals surface area contributed by atoms with Crippen LogP contribution in [0.25, 0.3) is 0 Å². The molecule has 0 amide bonds. The lowest BCUT2D eigenvalue weighted by atomic mass is 10.1. The number of hydrogen-bond donors (Lipinski definition) is 0. The van der Waals surface area contributed by atoms with E-state index in [4.69, 9.17) is 0 Å². The van der Waals surface area contributed by atoms with Crippen molar-refractivity contribution in [1.29, 1.82) is 0 Å². The molecule has 2 aromatic rings. The van der Waals surface area contributed by atoms with E-state index < -0.39 is 0 Å². The molecular weight excluding hydrogens is 270 g/mol. The number of rotatable bonds is 6. The Morgan fingerprint density at radius 3 is 2.70 bits per heavy atom. The predicted molar refractivity (Wildman–Crippen MR) is 80.7 cm³/mol. The standard InChI is InChI=1S/C14H21N5S/c1-10(2)14-13(20-18-17-14)9-19(4)11(3)7-12-8-15-5-6-16-12/h5-6,8,10-11H,7,9H2,1-4H3/t11-/m0/s1. The smallest absolute Gasteiger partial charge is 0.0826 e. The molecule has 0 aliphatic carbocycles. The molecule has 2 heterocycles. The highest BCUT2D eigenvalue weighted by Gasteiger charge is 2.17. The summed E-state index contributed by atoms with van der Waals surface area (Å²) in [4.78, 5) is 12.0. The molecule has 0 spiro atoms. The molecule has 108 valence electrons. The molecule has 6 heteroatoms. The van der Waals surface area contributed by atoms with Crippen LogP contribution in [0.2, 0.25) is 0 Å². The van der Waals surface area contributed by atoms with Crippen molar-refractivity contribution < 1.29 is 0 Å². The minimum atomic E-state index is 0.397. The van der Waals surface area contributed by atoms with Crippen LogP contribution in [-0.2, 0) is 13.0 Å². The van der Waals surface area contributed by atoms with Crippen molar-refractivity contribution in [2.45, 2.75) is 45.7 Å². The molecule has 0 aliphatic heterocycles. The van der Waals surface area contributed by atoms with Gasteiger partial charge < -0.3 is 0 Å². The van der Waals surface area contributed by atoms with Gasteiger partial charge in [-0.3, -0.25) is 14.9 Å². The molecule has 5 nitrogen and oxygen atoms in total. The largest absolute Gasteiger partial charge is 0.298 e. The molecule has 0 saturated carbocycles. The van der Waals surface area contributed by atoms with Crippen LogP contribution in [0, 0.1) is 0 Å². The first-order chi connectivity index (χ1) is 9.58. The summed E-state index contributed by atoms with van der Waals surface area (Å²) < 4.78 is 4.08. The van der Waals surface area contributed by atoms with Crippen LogP contribution in [-0.4, -0.2) is 37.5 Å². The van der Waals surface area contributed by atoms with Crippen molar-refractivity contribution in [1.82, 2.24) is 24.5 Å². The second-order valence-electron chi connectivity index (χ2n) is 5.40. The van der Waals surface area contributed by atoms with Gasteiger partial charge in [-0.1, -0.05) is 18.3 Å². The van der Waals surface area contributed by atoms with Gasteiger partial charge in [-0.05, 0) is 31.4 Å². The maximum absolute atomic E-state index is 4.33. The molecule has 0 aromatic carbocycles. The molecule has 0 unspecified atom stereocenters. The van der Waals surface area contributed by atoms with Gasteiger partial charge in [-0.15, -0.1) is 5.10 Å². The number of likely N-dealkylation sites (N-methyl/N-ethyl adjacent to an activating group) is 1. The van der Waals surface area contributed by atoms with E-state index in [1.54, 1.807) is 12.4 Å². The van der Waals surface area contributed by atoms with Gasteiger partial charge in [0.2, 0.25) is 0 Å². The first-order valence-electron chi connectivity index (χ1n) is 6.84. The summed E-state index contributed by atoms with van der Waals surface area (Å²) in [7, 11) is 2.13. The molecule has 0 radical (unpaired) electrons. The first-order valence-corrected chi connectivity index (χ1v) is 7.61. The molecule has 0 aliphatic rings. The normalized spacial score (nSPS) is 13.1. The Balaban J connectivity index is 1.97. The summed E-state index contributed by atoms with van der Waals surface area (Å²) >= 11 is 1.50. The third-order valence-electron chi connectivity index (χ3n) is 3.40. The van der Waals surface area contributed by atoms with Crippen LogP contribution < -0.4 is 0 Å². The van der Waals surface area contributed by atoms with Crippen LogP contribution >= 0.6 is 11.5 Å². The third-order valence-corrected chi connectivity index (χ3v) is 4.12. The van der Waals surface area contributed by atoms with Gasteiger partial charge in [0.05, 0.1) is 16.3 Å². The SMILES string of the molecule is CC(C)c1nnsc1CN(C)[C@@H](C)Cc1cnccn1. The van der Waals surface area contributed by atoms with E-state index in [2.05, 4.69) is 52.3 Å². The van der Waals surface area contributed by atoms with Gasteiger partial charge in [0.1, 0.15) is 0 Å². The molecule has 0 saturated heterocycles. The van der Waals surface area contributed by atoms with E-state index in [1.165, 1.54) is 16.4 Å². The Bertz CT molecular complexity index is 525. The Morgan fingerprint density at radius 1 is 1.25 bits per heavy atom. The number of aromatic nitrogens is 4. The first kappa shape index (κ1) is 15.0. The van der Waals surface area contributed by atoms with Crippen LogP contribution in [0.3, 0.4) is 0 Å². The van der Waals surface area contributed by atoms with Crippen molar-refractivity contribution in [2.24, 2.45) is 0 Å². The van der Waals surface area contributed by atoms with Gasteiger partial charge in [-0.25, -0.2) is 0 Å². The second-order valence-corrected chi connectivity index (χ2v) is 6.24. The van der Waals surface area contributed by atoms with Crippen LogP contribution in [0.1, 0.15) is 43.0 Å². The molecule has 0 N–H and O–H groups in total. The maximum atomic E-state index is 4.33. The molecule has 20 heavy (non-hydrogen) atoms. The van der Waals surface area contributed by atoms with Gasteiger partial charge in [0.25, 0.3) is 0 Å². The van der Waals surface area contributed by atoms with Crippen molar-refractivity contribution in [2.75, 3.05) is 7.05 Å². The van der Waals surface area contributed by atoms with Gasteiger partial charge in [-0.2, -0.15) is 0 Å². The molecule has 1 atom stereocenters. The molecule has 2 aromatic heterocycles. The molecule has 0 fully saturated rings. The van der Waals surface area contributed by atoms with E-state index in [1.807, 2.05) is 6.20 Å². The number of nitrogens with zero attached hydrogens (tertiary/aromatic N) is 5. The predicted octanol–water partition coefficient (Wildman–Crippen LogP) is 2.51. The molecular formula is C14H21N5S. The van der Waals surface area contributed by atoms with E-state index in [-0.39, 0.29) is 0 Å². The van der Waals surface area contributed by atoms with E-state index >= 15 is 0 Å². The summed E-state index contributed by atoms with van der Waals surface area (Å²) in [5.74, 6) is 0.424. The fourth-order valence-electron chi connectivity index (χ4n) is 2.04. The van der Waals surface area contributed by atoms with Crippen molar-refractivity contribution in [3.8, 4) is 0 Å². The third kappa shape index (κ3) is 3.80. The minimum absolute atomic E-state index is 0.397. The topological polar surface area (TPSA) is 54.8 Å². The Kier molecular flexibility index (Phi) is 5.14. The highest BCUT2D eigenvalue weighted by molar-refractivity contribution is 7.05. The fourth-order valence-corrected chi connectivity index (χ4v) is 2.90. The van der Waals surface area contributed by atoms with E-state index in [0.717, 1.165) is 24.4 Å². The van der Waals surface area contributed by atoms with Crippen molar-refractivity contribution in [3.63, 3.8) is 0 Å². The maximum Gasteiger partial charge on any atom is 0.0826 e. The van der Waals surface area contributed by atoms with Crippen LogP contribution in [0.15, 0.2) is 18.6 Å². The molecule has 0 bridgehead atoms. The highest BCUT2D eigenvalue weighted by Crippen LogP contribution is 2.21. The van der Waals surface area contributed by atoms with Gasteiger partial charge in [0, 0.05) is 37.6 Å².